The van der Waals surface area contributed by atoms with Crippen molar-refractivity contribution in [2.45, 2.75) is 56.9 Å². The highest BCUT2D eigenvalue weighted by molar-refractivity contribution is 6.04. The van der Waals surface area contributed by atoms with E-state index in [1.807, 2.05) is 74.9 Å². The van der Waals surface area contributed by atoms with Crippen LogP contribution in [0.3, 0.4) is 0 Å². The Bertz CT molecular complexity index is 4110. The third-order valence-corrected chi connectivity index (χ3v) is 15.6. The fraction of sp³-hybridized carbons (Fsp3) is 0.258. The Kier molecular flexibility index (Phi) is 18.4. The zero-order valence-electron chi connectivity index (χ0n) is 49.9. The summed E-state index contributed by atoms with van der Waals surface area (Å²) in [6.45, 7) is 4.83. The molecule has 0 bridgehead atoms. The quantitative estimate of drug-likeness (QED) is 0.0396. The Morgan fingerprint density at radius 2 is 1.09 bits per heavy atom. The molecule has 2 aliphatic heterocycles. The summed E-state index contributed by atoms with van der Waals surface area (Å²) in [7, 11) is 5.40. The van der Waals surface area contributed by atoms with Gasteiger partial charge in [0, 0.05) is 98.4 Å². The van der Waals surface area contributed by atoms with Crippen LogP contribution in [0, 0.1) is 0 Å². The van der Waals surface area contributed by atoms with Crippen molar-refractivity contribution in [3.8, 4) is 34.5 Å². The van der Waals surface area contributed by atoms with E-state index in [1.165, 1.54) is 25.5 Å². The van der Waals surface area contributed by atoms with Crippen LogP contribution < -0.4 is 45.5 Å². The van der Waals surface area contributed by atoms with Crippen molar-refractivity contribution in [2.24, 2.45) is 0 Å². The normalized spacial score (nSPS) is 15.4. The highest BCUT2D eigenvalue weighted by Gasteiger charge is 2.29. The van der Waals surface area contributed by atoms with E-state index in [0.29, 0.717) is 95.1 Å². The van der Waals surface area contributed by atoms with Crippen LogP contribution in [0.5, 0.6) is 34.5 Å². The third kappa shape index (κ3) is 14.8. The molecule has 3 amide bonds. The maximum Gasteiger partial charge on any atom is 0.256 e. The lowest BCUT2D eigenvalue weighted by Gasteiger charge is -2.16. The Morgan fingerprint density at radius 3 is 1.54 bits per heavy atom. The summed E-state index contributed by atoms with van der Waals surface area (Å²) in [4.78, 5) is 67.7. The molecule has 2 saturated heterocycles. The first-order valence-corrected chi connectivity index (χ1v) is 29.7. The monoisotopic (exact) mass is 1210 g/mol. The average Bonchev–Trinajstić information content (AvgIpc) is 1.67. The standard InChI is InChI=1S/C37H39N9O4.C29H28N8O3/c1-44(28-9-10-28)20-3-4-33(47)45-21-17-27(23-45)41-35-34-31(15-19-39-36(34)46(43-35)22-25-5-11-29(49-2)12-6-25)50-30-13-7-26(8-14-30)37(48)42-32-16-18-38-24-40-32;1-39-22-6-2-19(3-7-22)17-37-28-26(27(36-37)34-21-10-13-30-16-21)24(11-15-32-28)40-23-8-4-20(5-9-23)29(38)35-25-12-14-31-18-33-25/h3-8,11-16,18-19,24,27-28H,9-10,17,20-23H2,1-2H3,(H,41,43)(H,38,40,42,48);2-9,11-12,14-15,18,21,30H,10,13,16-17H2,1H3,(H,34,36)(H,31,33,35,38)/b4-3+;/t27-;21-/m11/s1. The molecule has 90 heavy (non-hydrogen) atoms. The number of rotatable bonds is 22. The van der Waals surface area contributed by atoms with Gasteiger partial charge in [0.05, 0.1) is 27.3 Å². The number of fused-ring (bicyclic) bond motifs is 2. The number of aromatic nitrogens is 10. The second-order valence-corrected chi connectivity index (χ2v) is 21.9. The highest BCUT2D eigenvalue weighted by atomic mass is 16.5. The number of likely N-dealkylation sites (tertiary alicyclic amines) is 1. The minimum absolute atomic E-state index is 0.00485. The van der Waals surface area contributed by atoms with Crippen molar-refractivity contribution in [2.75, 3.05) is 75.3 Å². The molecule has 13 rings (SSSR count). The third-order valence-electron chi connectivity index (χ3n) is 15.6. The number of ether oxygens (including phenoxy) is 4. The summed E-state index contributed by atoms with van der Waals surface area (Å²) in [6, 6.07) is 37.3. The molecular formula is C66H67N17O7. The van der Waals surface area contributed by atoms with E-state index in [1.54, 1.807) is 112 Å². The Hall–Kier alpha value is -10.9. The van der Waals surface area contributed by atoms with E-state index in [2.05, 4.69) is 63.5 Å². The van der Waals surface area contributed by atoms with Gasteiger partial charge in [-0.15, -0.1) is 0 Å². The van der Waals surface area contributed by atoms with Gasteiger partial charge in [0.2, 0.25) is 5.91 Å². The van der Waals surface area contributed by atoms with Crippen molar-refractivity contribution >= 4 is 63.1 Å². The van der Waals surface area contributed by atoms with Gasteiger partial charge in [-0.1, -0.05) is 30.3 Å². The summed E-state index contributed by atoms with van der Waals surface area (Å²) >= 11 is 0. The molecule has 1 saturated carbocycles. The Balaban J connectivity index is 0.000000179. The zero-order chi connectivity index (χ0) is 61.8. The summed E-state index contributed by atoms with van der Waals surface area (Å²) in [5, 5.41) is 27.5. The molecule has 2 atom stereocenters. The molecule has 10 aromatic rings. The maximum atomic E-state index is 13.0. The van der Waals surface area contributed by atoms with E-state index in [4.69, 9.17) is 34.1 Å². The van der Waals surface area contributed by atoms with Gasteiger partial charge in [0.25, 0.3) is 11.8 Å². The predicted molar refractivity (Wildman–Crippen MR) is 341 cm³/mol. The largest absolute Gasteiger partial charge is 0.497 e. The number of nitrogens with zero attached hydrogens (tertiary/aromatic N) is 12. The smallest absolute Gasteiger partial charge is 0.256 e. The van der Waals surface area contributed by atoms with E-state index < -0.39 is 0 Å². The molecule has 458 valence electrons. The average molecular weight is 1210 g/mol. The molecule has 5 N–H and O–H groups in total. The SMILES string of the molecule is COc1ccc(Cn2nc(N[C@@H]3CCN(C(=O)/C=C/CN(C)C4CC4)C3)c3c(Oc4ccc(C(=O)Nc5ccncn5)cc4)ccnc32)cc1.COc1ccc(Cn2nc(N[C@@H]3CCNC3)c3c(Oc4ccc(C(=O)Nc5ccncn5)cc4)ccnc32)cc1. The van der Waals surface area contributed by atoms with Gasteiger partial charge in [-0.3, -0.25) is 19.3 Å². The number of benzene rings is 4. The number of carbonyl (C=O) groups excluding carboxylic acids is 3. The fourth-order valence-electron chi connectivity index (χ4n) is 10.6. The molecule has 8 heterocycles. The van der Waals surface area contributed by atoms with Crippen LogP contribution in [0.15, 0.2) is 171 Å². The van der Waals surface area contributed by atoms with Crippen LogP contribution in [-0.2, 0) is 17.9 Å². The number of pyridine rings is 2. The first-order chi connectivity index (χ1) is 44.1. The van der Waals surface area contributed by atoms with Gasteiger partial charge in [0.1, 0.15) is 69.6 Å². The van der Waals surface area contributed by atoms with E-state index in [0.717, 1.165) is 71.7 Å². The zero-order valence-corrected chi connectivity index (χ0v) is 49.9. The lowest BCUT2D eigenvalue weighted by atomic mass is 10.2. The van der Waals surface area contributed by atoms with E-state index in [9.17, 15) is 14.4 Å². The van der Waals surface area contributed by atoms with Gasteiger partial charge in [-0.25, -0.2) is 39.3 Å². The van der Waals surface area contributed by atoms with Crippen LogP contribution >= 0.6 is 0 Å². The molecule has 24 nitrogen and oxygen atoms in total. The number of likely N-dealkylation sites (N-methyl/N-ethyl adjacent to an activating group) is 1. The molecule has 0 spiro atoms. The van der Waals surface area contributed by atoms with Crippen LogP contribution in [0.25, 0.3) is 22.1 Å². The second-order valence-electron chi connectivity index (χ2n) is 21.9. The molecule has 4 aromatic carbocycles. The van der Waals surface area contributed by atoms with Crippen molar-refractivity contribution in [1.29, 1.82) is 0 Å². The summed E-state index contributed by atoms with van der Waals surface area (Å²) in [5.41, 5.74) is 4.40. The number of anilines is 4. The molecule has 3 aliphatic rings. The molecule has 1 aliphatic carbocycles. The fourth-order valence-corrected chi connectivity index (χ4v) is 10.6. The Morgan fingerprint density at radius 1 is 0.589 bits per heavy atom. The lowest BCUT2D eigenvalue weighted by Crippen LogP contribution is -2.30. The van der Waals surface area contributed by atoms with Crippen LogP contribution in [0.2, 0.25) is 0 Å². The molecule has 6 aromatic heterocycles. The second kappa shape index (κ2) is 27.9. The number of amides is 3. The van der Waals surface area contributed by atoms with Crippen molar-refractivity contribution < 1.29 is 33.3 Å². The first kappa shape index (κ1) is 59.5. The maximum absolute atomic E-state index is 13.0. The molecule has 24 heteroatoms. The number of methoxy groups -OCH3 is 2. The minimum Gasteiger partial charge on any atom is -0.497 e. The van der Waals surface area contributed by atoms with Crippen LogP contribution in [0.1, 0.15) is 57.5 Å². The van der Waals surface area contributed by atoms with Crippen LogP contribution in [0.4, 0.5) is 23.3 Å². The van der Waals surface area contributed by atoms with Crippen molar-refractivity contribution in [1.82, 2.24) is 64.6 Å². The van der Waals surface area contributed by atoms with Crippen LogP contribution in [-0.4, -0.2) is 149 Å². The molecule has 0 radical (unpaired) electrons. The van der Waals surface area contributed by atoms with Gasteiger partial charge >= 0.3 is 0 Å². The number of carbonyl (C=O) groups is 3. The summed E-state index contributed by atoms with van der Waals surface area (Å²) < 4.78 is 27.1. The predicted octanol–water partition coefficient (Wildman–Crippen LogP) is 9.08. The van der Waals surface area contributed by atoms with Crippen molar-refractivity contribution in [3.05, 3.63) is 193 Å². The highest BCUT2D eigenvalue weighted by Crippen LogP contribution is 2.37. The lowest BCUT2D eigenvalue weighted by molar-refractivity contribution is -0.125. The minimum atomic E-state index is -0.294. The molecule has 0 unspecified atom stereocenters. The summed E-state index contributed by atoms with van der Waals surface area (Å²) in [5.74, 6) is 5.54. The van der Waals surface area contributed by atoms with E-state index >= 15 is 0 Å². The van der Waals surface area contributed by atoms with E-state index in [-0.39, 0.29) is 29.8 Å². The van der Waals surface area contributed by atoms with Gasteiger partial charge in [-0.2, -0.15) is 10.2 Å². The molecular weight excluding hydrogens is 1140 g/mol. The van der Waals surface area contributed by atoms with Gasteiger partial charge in [0.15, 0.2) is 22.9 Å². The number of hydrogen-bond donors (Lipinski definition) is 5. The number of hydrogen-bond acceptors (Lipinski definition) is 19. The summed E-state index contributed by atoms with van der Waals surface area (Å²) in [6.07, 6.45) is 17.2. The number of nitrogens with one attached hydrogen (secondary N) is 5. The van der Waals surface area contributed by atoms with Crippen molar-refractivity contribution in [3.63, 3.8) is 0 Å². The first-order valence-electron chi connectivity index (χ1n) is 29.7. The topological polar surface area (TPSA) is 268 Å². The van der Waals surface area contributed by atoms with Gasteiger partial charge in [-0.05, 0) is 135 Å². The molecule has 3 fully saturated rings. The van der Waals surface area contributed by atoms with Gasteiger partial charge < -0.3 is 50.4 Å². The Labute approximate surface area is 518 Å².